The maximum atomic E-state index is 11.3. The van der Waals surface area contributed by atoms with Crippen molar-refractivity contribution in [2.24, 2.45) is 5.41 Å². The average molecular weight is 226 g/mol. The largest absolute Gasteiger partial charge is 0.215 e. The zero-order valence-electron chi connectivity index (χ0n) is 7.85. The third kappa shape index (κ3) is 4.29. The second-order valence-electron chi connectivity index (χ2n) is 3.99. The summed E-state index contributed by atoms with van der Waals surface area (Å²) in [6.07, 6.45) is 2.78. The van der Waals surface area contributed by atoms with Crippen molar-refractivity contribution in [3.63, 3.8) is 0 Å². The van der Waals surface area contributed by atoms with Crippen molar-refractivity contribution < 1.29 is 8.42 Å². The minimum absolute atomic E-state index is 0.145. The third-order valence-electron chi connectivity index (χ3n) is 2.37. The van der Waals surface area contributed by atoms with Crippen LogP contribution in [0.5, 0.6) is 0 Å². The van der Waals surface area contributed by atoms with Crippen LogP contribution in [0, 0.1) is 5.41 Å². The number of hydrogen-bond acceptors (Lipinski definition) is 2. The summed E-state index contributed by atoms with van der Waals surface area (Å²) in [4.78, 5) is 0. The van der Waals surface area contributed by atoms with Gasteiger partial charge in [0.2, 0.25) is 10.0 Å². The van der Waals surface area contributed by atoms with Gasteiger partial charge in [0.1, 0.15) is 0 Å². The summed E-state index contributed by atoms with van der Waals surface area (Å²) in [5.74, 6) is 0.546. The Balaban J connectivity index is 2.25. The number of alkyl halides is 1. The summed E-state index contributed by atoms with van der Waals surface area (Å²) < 4.78 is 25.2. The van der Waals surface area contributed by atoms with Crippen molar-refractivity contribution in [2.45, 2.75) is 26.2 Å². The Morgan fingerprint density at radius 1 is 1.46 bits per heavy atom. The van der Waals surface area contributed by atoms with Gasteiger partial charge in [0.05, 0.1) is 5.75 Å². The zero-order chi connectivity index (χ0) is 9.95. The summed E-state index contributed by atoms with van der Waals surface area (Å²) in [6.45, 7) is 2.68. The molecule has 1 rings (SSSR count). The van der Waals surface area contributed by atoms with E-state index < -0.39 is 10.0 Å². The monoisotopic (exact) mass is 225 g/mol. The highest BCUT2D eigenvalue weighted by Gasteiger charge is 2.37. The predicted molar refractivity (Wildman–Crippen MR) is 54.5 cm³/mol. The molecule has 1 aliphatic rings. The molecule has 1 aliphatic carbocycles. The van der Waals surface area contributed by atoms with E-state index in [0.29, 0.717) is 18.8 Å². The lowest BCUT2D eigenvalue weighted by atomic mass is 10.2. The van der Waals surface area contributed by atoms with Crippen molar-refractivity contribution in [3.8, 4) is 0 Å². The Kier molecular flexibility index (Phi) is 3.60. The number of nitrogens with one attached hydrogen (secondary N) is 1. The molecule has 0 bridgehead atoms. The van der Waals surface area contributed by atoms with Crippen LogP contribution >= 0.6 is 11.6 Å². The molecule has 0 atom stereocenters. The molecule has 0 heterocycles. The van der Waals surface area contributed by atoms with Crippen LogP contribution in [0.2, 0.25) is 0 Å². The first kappa shape index (κ1) is 11.3. The fourth-order valence-electron chi connectivity index (χ4n) is 0.991. The lowest BCUT2D eigenvalue weighted by Gasteiger charge is -2.09. The van der Waals surface area contributed by atoms with Crippen LogP contribution in [0.15, 0.2) is 0 Å². The Morgan fingerprint density at radius 2 is 2.08 bits per heavy atom. The molecular formula is C8H16ClNO2S. The third-order valence-corrected chi connectivity index (χ3v) is 4.05. The molecule has 0 radical (unpaired) electrons. The van der Waals surface area contributed by atoms with Crippen molar-refractivity contribution in [2.75, 3.05) is 18.2 Å². The van der Waals surface area contributed by atoms with E-state index >= 15 is 0 Å². The second-order valence-corrected chi connectivity index (χ2v) is 6.30. The number of rotatable bonds is 6. The first-order chi connectivity index (χ1) is 5.97. The van der Waals surface area contributed by atoms with Crippen LogP contribution in [0.1, 0.15) is 26.2 Å². The zero-order valence-corrected chi connectivity index (χ0v) is 9.42. The molecule has 1 fully saturated rings. The summed E-state index contributed by atoms with van der Waals surface area (Å²) >= 11 is 5.42. The Labute approximate surface area is 84.9 Å². The number of sulfonamides is 1. The summed E-state index contributed by atoms with van der Waals surface area (Å²) in [6, 6.07) is 0. The molecule has 0 spiro atoms. The highest BCUT2D eigenvalue weighted by Crippen LogP contribution is 2.44. The van der Waals surface area contributed by atoms with Crippen LogP contribution in [-0.2, 0) is 10.0 Å². The highest BCUT2D eigenvalue weighted by atomic mass is 35.5. The minimum atomic E-state index is -3.07. The number of hydrogen-bond donors (Lipinski definition) is 1. The van der Waals surface area contributed by atoms with Gasteiger partial charge < -0.3 is 0 Å². The standard InChI is InChI=1S/C8H16ClNO2S/c1-8(3-4-8)7-10-13(11,12)6-2-5-9/h10H,2-7H2,1H3. The lowest BCUT2D eigenvalue weighted by molar-refractivity contribution is 0.530. The quantitative estimate of drug-likeness (QED) is 0.694. The van der Waals surface area contributed by atoms with Gasteiger partial charge in [-0.05, 0) is 24.7 Å². The maximum Gasteiger partial charge on any atom is 0.211 e. The summed E-state index contributed by atoms with van der Waals surface area (Å²) in [7, 11) is -3.07. The molecule has 3 nitrogen and oxygen atoms in total. The van der Waals surface area contributed by atoms with Crippen molar-refractivity contribution >= 4 is 21.6 Å². The molecule has 0 saturated heterocycles. The molecule has 0 aliphatic heterocycles. The first-order valence-corrected chi connectivity index (χ1v) is 6.69. The fourth-order valence-corrected chi connectivity index (χ4v) is 2.52. The van der Waals surface area contributed by atoms with E-state index in [1.165, 1.54) is 0 Å². The molecule has 78 valence electrons. The topological polar surface area (TPSA) is 46.2 Å². The number of halogens is 1. The molecule has 0 unspecified atom stereocenters. The fraction of sp³-hybridized carbons (Fsp3) is 1.00. The first-order valence-electron chi connectivity index (χ1n) is 4.51. The molecule has 0 amide bonds. The predicted octanol–water partition coefficient (Wildman–Crippen LogP) is 1.33. The second kappa shape index (κ2) is 4.15. The Bertz CT molecular complexity index is 259. The van der Waals surface area contributed by atoms with E-state index in [1.54, 1.807) is 0 Å². The van der Waals surface area contributed by atoms with Gasteiger partial charge in [-0.2, -0.15) is 0 Å². The van der Waals surface area contributed by atoms with Crippen molar-refractivity contribution in [3.05, 3.63) is 0 Å². The van der Waals surface area contributed by atoms with Gasteiger partial charge in [0.25, 0.3) is 0 Å². The molecule has 13 heavy (non-hydrogen) atoms. The average Bonchev–Trinajstić information content (AvgIpc) is 2.79. The van der Waals surface area contributed by atoms with Gasteiger partial charge in [-0.3, -0.25) is 0 Å². The van der Waals surface area contributed by atoms with Crippen molar-refractivity contribution in [1.29, 1.82) is 0 Å². The van der Waals surface area contributed by atoms with E-state index in [9.17, 15) is 8.42 Å². The molecule has 0 aromatic heterocycles. The van der Waals surface area contributed by atoms with E-state index in [-0.39, 0.29) is 11.2 Å². The molecule has 1 saturated carbocycles. The Morgan fingerprint density at radius 3 is 2.54 bits per heavy atom. The lowest BCUT2D eigenvalue weighted by Crippen LogP contribution is -2.31. The van der Waals surface area contributed by atoms with Gasteiger partial charge in [0, 0.05) is 12.4 Å². The van der Waals surface area contributed by atoms with Crippen molar-refractivity contribution in [1.82, 2.24) is 4.72 Å². The van der Waals surface area contributed by atoms with E-state index in [4.69, 9.17) is 11.6 Å². The normalized spacial score (nSPS) is 20.2. The van der Waals surface area contributed by atoms with Gasteiger partial charge >= 0.3 is 0 Å². The maximum absolute atomic E-state index is 11.3. The van der Waals surface area contributed by atoms with Crippen LogP contribution in [0.3, 0.4) is 0 Å². The van der Waals surface area contributed by atoms with Gasteiger partial charge in [-0.25, -0.2) is 13.1 Å². The van der Waals surface area contributed by atoms with Crippen LogP contribution in [0.4, 0.5) is 0 Å². The summed E-state index contributed by atoms with van der Waals surface area (Å²) in [5.41, 5.74) is 0.230. The van der Waals surface area contributed by atoms with Crippen LogP contribution < -0.4 is 4.72 Å². The summed E-state index contributed by atoms with van der Waals surface area (Å²) in [5, 5.41) is 0. The molecule has 5 heteroatoms. The van der Waals surface area contributed by atoms with Gasteiger partial charge in [0.15, 0.2) is 0 Å². The van der Waals surface area contributed by atoms with E-state index in [0.717, 1.165) is 12.8 Å². The smallest absolute Gasteiger partial charge is 0.211 e. The van der Waals surface area contributed by atoms with Crippen LogP contribution in [0.25, 0.3) is 0 Å². The Hall–Kier alpha value is 0.200. The van der Waals surface area contributed by atoms with Gasteiger partial charge in [-0.1, -0.05) is 6.92 Å². The molecule has 0 aromatic carbocycles. The van der Waals surface area contributed by atoms with E-state index in [2.05, 4.69) is 11.6 Å². The molecule has 1 N–H and O–H groups in total. The molecule has 0 aromatic rings. The van der Waals surface area contributed by atoms with Gasteiger partial charge in [-0.15, -0.1) is 11.6 Å². The molecular weight excluding hydrogens is 210 g/mol. The minimum Gasteiger partial charge on any atom is -0.215 e. The highest BCUT2D eigenvalue weighted by molar-refractivity contribution is 7.89. The SMILES string of the molecule is CC1(CNS(=O)(=O)CCCCl)CC1. The van der Waals surface area contributed by atoms with Crippen LogP contribution in [-0.4, -0.2) is 26.6 Å². The van der Waals surface area contributed by atoms with E-state index in [1.807, 2.05) is 0 Å².